The predicted molar refractivity (Wildman–Crippen MR) is 50.8 cm³/mol. The van der Waals surface area contributed by atoms with Crippen LogP contribution in [0.5, 0.6) is 0 Å². The van der Waals surface area contributed by atoms with E-state index < -0.39 is 0 Å². The fourth-order valence-corrected chi connectivity index (χ4v) is 2.17. The van der Waals surface area contributed by atoms with Crippen LogP contribution in [0.4, 0.5) is 0 Å². The quantitative estimate of drug-likeness (QED) is 0.676. The molecule has 0 saturated heterocycles. The molecule has 0 heterocycles. The molecule has 2 heteroatoms. The van der Waals surface area contributed by atoms with Crippen molar-refractivity contribution in [1.29, 1.82) is 0 Å². The van der Waals surface area contributed by atoms with E-state index in [0.29, 0.717) is 12.5 Å². The maximum absolute atomic E-state index is 9.52. The van der Waals surface area contributed by atoms with E-state index in [1.165, 1.54) is 32.1 Å². The van der Waals surface area contributed by atoms with Crippen LogP contribution in [0.1, 0.15) is 39.0 Å². The third-order valence-electron chi connectivity index (χ3n) is 3.25. The molecule has 0 aromatic carbocycles. The first-order valence-electron chi connectivity index (χ1n) is 5.16. The first-order valence-corrected chi connectivity index (χ1v) is 5.16. The van der Waals surface area contributed by atoms with Crippen molar-refractivity contribution in [2.75, 3.05) is 6.54 Å². The van der Waals surface area contributed by atoms with Gasteiger partial charge >= 0.3 is 0 Å². The number of hydrogen-bond donors (Lipinski definition) is 2. The first-order chi connectivity index (χ1) is 5.77. The third kappa shape index (κ3) is 2.46. The Labute approximate surface area is 75.2 Å². The normalized spacial score (nSPS) is 33.2. The molecule has 1 rings (SSSR count). The highest BCUT2D eigenvalue weighted by Crippen LogP contribution is 2.32. The van der Waals surface area contributed by atoms with E-state index in [9.17, 15) is 5.11 Å². The van der Waals surface area contributed by atoms with Gasteiger partial charge in [0.2, 0.25) is 0 Å². The standard InChI is InChI=1S/C10H21NO/c1-2-8-3-5-9(6-4-8)10(12)7-11/h8-10,12H,2-7,11H2,1H3/t8?,9?,10-/m1/s1. The van der Waals surface area contributed by atoms with Crippen LogP contribution in [0.15, 0.2) is 0 Å². The minimum absolute atomic E-state index is 0.247. The Morgan fingerprint density at radius 1 is 1.33 bits per heavy atom. The van der Waals surface area contributed by atoms with Gasteiger partial charge in [-0.25, -0.2) is 0 Å². The summed E-state index contributed by atoms with van der Waals surface area (Å²) in [6.45, 7) is 2.69. The van der Waals surface area contributed by atoms with Crippen molar-refractivity contribution >= 4 is 0 Å². The zero-order valence-corrected chi connectivity index (χ0v) is 8.00. The fourth-order valence-electron chi connectivity index (χ4n) is 2.17. The molecule has 0 aromatic heterocycles. The summed E-state index contributed by atoms with van der Waals surface area (Å²) < 4.78 is 0. The van der Waals surface area contributed by atoms with E-state index >= 15 is 0 Å². The zero-order valence-electron chi connectivity index (χ0n) is 8.00. The predicted octanol–water partition coefficient (Wildman–Crippen LogP) is 1.52. The second kappa shape index (κ2) is 4.83. The monoisotopic (exact) mass is 171 g/mol. The van der Waals surface area contributed by atoms with E-state index in [1.54, 1.807) is 0 Å². The van der Waals surface area contributed by atoms with Crippen molar-refractivity contribution in [2.24, 2.45) is 17.6 Å². The number of aliphatic hydroxyl groups excluding tert-OH is 1. The van der Waals surface area contributed by atoms with Gasteiger partial charge in [-0.05, 0) is 24.7 Å². The minimum Gasteiger partial charge on any atom is -0.392 e. The van der Waals surface area contributed by atoms with Crippen LogP contribution < -0.4 is 5.73 Å². The molecule has 0 radical (unpaired) electrons. The van der Waals surface area contributed by atoms with Crippen molar-refractivity contribution in [2.45, 2.75) is 45.1 Å². The molecule has 0 aliphatic heterocycles. The Morgan fingerprint density at radius 3 is 2.33 bits per heavy atom. The van der Waals surface area contributed by atoms with Crippen LogP contribution in [-0.4, -0.2) is 17.8 Å². The van der Waals surface area contributed by atoms with Gasteiger partial charge in [-0.2, -0.15) is 0 Å². The third-order valence-corrected chi connectivity index (χ3v) is 3.25. The second-order valence-corrected chi connectivity index (χ2v) is 3.99. The summed E-state index contributed by atoms with van der Waals surface area (Å²) in [5.74, 6) is 1.39. The molecule has 1 atom stereocenters. The smallest absolute Gasteiger partial charge is 0.0690 e. The van der Waals surface area contributed by atoms with Gasteiger partial charge in [0.1, 0.15) is 0 Å². The molecular formula is C10H21NO. The second-order valence-electron chi connectivity index (χ2n) is 3.99. The Balaban J connectivity index is 2.25. The zero-order chi connectivity index (χ0) is 8.97. The summed E-state index contributed by atoms with van der Waals surface area (Å²) in [6.07, 6.45) is 5.98. The summed E-state index contributed by atoms with van der Waals surface area (Å²) in [5, 5.41) is 9.52. The lowest BCUT2D eigenvalue weighted by Crippen LogP contribution is -2.31. The van der Waals surface area contributed by atoms with E-state index in [1.807, 2.05) is 0 Å². The van der Waals surface area contributed by atoms with Crippen molar-refractivity contribution in [3.8, 4) is 0 Å². The van der Waals surface area contributed by atoms with Gasteiger partial charge in [0.15, 0.2) is 0 Å². The fraction of sp³-hybridized carbons (Fsp3) is 1.00. The Bertz CT molecular complexity index is 119. The van der Waals surface area contributed by atoms with E-state index in [4.69, 9.17) is 5.73 Å². The molecule has 3 N–H and O–H groups in total. The molecule has 12 heavy (non-hydrogen) atoms. The highest BCUT2D eigenvalue weighted by Gasteiger charge is 2.24. The topological polar surface area (TPSA) is 46.2 Å². The average Bonchev–Trinajstić information content (AvgIpc) is 2.17. The van der Waals surface area contributed by atoms with Crippen molar-refractivity contribution in [3.05, 3.63) is 0 Å². The van der Waals surface area contributed by atoms with E-state index in [-0.39, 0.29) is 6.10 Å². The molecule has 0 unspecified atom stereocenters. The maximum Gasteiger partial charge on any atom is 0.0690 e. The van der Waals surface area contributed by atoms with Crippen LogP contribution in [-0.2, 0) is 0 Å². The number of nitrogens with two attached hydrogens (primary N) is 1. The van der Waals surface area contributed by atoms with Gasteiger partial charge in [0.05, 0.1) is 6.10 Å². The molecule has 1 fully saturated rings. The molecule has 2 nitrogen and oxygen atoms in total. The van der Waals surface area contributed by atoms with Gasteiger partial charge in [0, 0.05) is 6.54 Å². The number of hydrogen-bond acceptors (Lipinski definition) is 2. The lowest BCUT2D eigenvalue weighted by Gasteiger charge is -2.30. The van der Waals surface area contributed by atoms with E-state index in [0.717, 1.165) is 5.92 Å². The van der Waals surface area contributed by atoms with Gasteiger partial charge < -0.3 is 10.8 Å². The van der Waals surface area contributed by atoms with Gasteiger partial charge in [-0.15, -0.1) is 0 Å². The highest BCUT2D eigenvalue weighted by atomic mass is 16.3. The Hall–Kier alpha value is -0.0800. The number of rotatable bonds is 3. The minimum atomic E-state index is -0.247. The lowest BCUT2D eigenvalue weighted by molar-refractivity contribution is 0.0799. The first kappa shape index (κ1) is 10.0. The molecule has 1 saturated carbocycles. The van der Waals surface area contributed by atoms with Gasteiger partial charge in [0.25, 0.3) is 0 Å². The molecule has 1 aliphatic carbocycles. The number of aliphatic hydroxyl groups is 1. The molecule has 0 spiro atoms. The molecule has 0 bridgehead atoms. The molecule has 1 aliphatic rings. The van der Waals surface area contributed by atoms with Crippen LogP contribution >= 0.6 is 0 Å². The SMILES string of the molecule is CCC1CCC([C@H](O)CN)CC1. The van der Waals surface area contributed by atoms with Crippen molar-refractivity contribution in [1.82, 2.24) is 0 Å². The largest absolute Gasteiger partial charge is 0.392 e. The van der Waals surface area contributed by atoms with Crippen LogP contribution in [0.3, 0.4) is 0 Å². The van der Waals surface area contributed by atoms with Crippen molar-refractivity contribution in [3.63, 3.8) is 0 Å². The lowest BCUT2D eigenvalue weighted by atomic mass is 9.78. The Morgan fingerprint density at radius 2 is 1.92 bits per heavy atom. The van der Waals surface area contributed by atoms with Crippen LogP contribution in [0.25, 0.3) is 0 Å². The van der Waals surface area contributed by atoms with Gasteiger partial charge in [-0.1, -0.05) is 26.2 Å². The summed E-state index contributed by atoms with van der Waals surface area (Å²) in [4.78, 5) is 0. The highest BCUT2D eigenvalue weighted by molar-refractivity contribution is 4.77. The molecule has 72 valence electrons. The molecule has 0 amide bonds. The maximum atomic E-state index is 9.52. The average molecular weight is 171 g/mol. The summed E-state index contributed by atoms with van der Waals surface area (Å²) in [5.41, 5.74) is 5.42. The molecular weight excluding hydrogens is 150 g/mol. The summed E-state index contributed by atoms with van der Waals surface area (Å²) in [7, 11) is 0. The summed E-state index contributed by atoms with van der Waals surface area (Å²) >= 11 is 0. The van der Waals surface area contributed by atoms with Crippen LogP contribution in [0, 0.1) is 11.8 Å². The van der Waals surface area contributed by atoms with Crippen LogP contribution in [0.2, 0.25) is 0 Å². The Kier molecular flexibility index (Phi) is 4.02. The van der Waals surface area contributed by atoms with E-state index in [2.05, 4.69) is 6.92 Å². The van der Waals surface area contributed by atoms with Crippen molar-refractivity contribution < 1.29 is 5.11 Å². The summed E-state index contributed by atoms with van der Waals surface area (Å²) in [6, 6.07) is 0. The molecule has 0 aromatic rings. The van der Waals surface area contributed by atoms with Gasteiger partial charge in [-0.3, -0.25) is 0 Å².